The summed E-state index contributed by atoms with van der Waals surface area (Å²) < 4.78 is 0. The maximum atomic E-state index is 6.23. The number of likely N-dealkylation sites (N-methyl/N-ethyl adjacent to an activating group) is 1. The molecule has 3 rings (SSSR count). The molecule has 2 aromatic rings. The van der Waals surface area contributed by atoms with Gasteiger partial charge in [-0.3, -0.25) is 4.90 Å². The normalized spacial score (nSPS) is 17.9. The monoisotopic (exact) mass is 436 g/mol. The summed E-state index contributed by atoms with van der Waals surface area (Å²) >= 11 is 13.7. The van der Waals surface area contributed by atoms with Crippen molar-refractivity contribution in [3.8, 4) is 0 Å². The van der Waals surface area contributed by atoms with Crippen molar-refractivity contribution in [3.63, 3.8) is 0 Å². The third kappa shape index (κ3) is 5.24. The molecule has 0 radical (unpaired) electrons. The van der Waals surface area contributed by atoms with Crippen molar-refractivity contribution >= 4 is 46.0 Å². The summed E-state index contributed by atoms with van der Waals surface area (Å²) in [5, 5.41) is 10.4. The maximum absolute atomic E-state index is 6.23. The van der Waals surface area contributed by atoms with Gasteiger partial charge in [0.1, 0.15) is 0 Å². The SMILES string of the molecule is CCN1CCN([C@@H](c2cccs2)[C@@H](C)NC(=S)Nc2cccc(Cl)c2C)CC1. The third-order valence-electron chi connectivity index (χ3n) is 5.43. The van der Waals surface area contributed by atoms with E-state index in [4.69, 9.17) is 23.8 Å². The molecule has 2 atom stereocenters. The summed E-state index contributed by atoms with van der Waals surface area (Å²) in [5.41, 5.74) is 1.95. The van der Waals surface area contributed by atoms with Gasteiger partial charge in [-0.05, 0) is 61.8 Å². The van der Waals surface area contributed by atoms with E-state index in [0.29, 0.717) is 11.2 Å². The third-order valence-corrected chi connectivity index (χ3v) is 7.00. The fourth-order valence-corrected chi connectivity index (χ4v) is 5.18. The molecule has 7 heteroatoms. The molecule has 1 saturated heterocycles. The molecule has 0 aliphatic carbocycles. The summed E-state index contributed by atoms with van der Waals surface area (Å²) in [6.45, 7) is 12.0. The Labute approximate surface area is 182 Å². The van der Waals surface area contributed by atoms with Crippen molar-refractivity contribution in [1.82, 2.24) is 15.1 Å². The van der Waals surface area contributed by atoms with Crippen molar-refractivity contribution < 1.29 is 0 Å². The van der Waals surface area contributed by atoms with Crippen LogP contribution in [0.15, 0.2) is 35.7 Å². The van der Waals surface area contributed by atoms with Gasteiger partial charge in [0, 0.05) is 47.8 Å². The molecule has 0 spiro atoms. The van der Waals surface area contributed by atoms with E-state index in [0.717, 1.165) is 49.0 Å². The predicted molar refractivity (Wildman–Crippen MR) is 126 cm³/mol. The number of hydrogen-bond acceptors (Lipinski definition) is 4. The summed E-state index contributed by atoms with van der Waals surface area (Å²) in [6.07, 6.45) is 0. The van der Waals surface area contributed by atoms with E-state index in [1.54, 1.807) is 0 Å². The lowest BCUT2D eigenvalue weighted by atomic mass is 10.0. The van der Waals surface area contributed by atoms with Crippen LogP contribution in [0.5, 0.6) is 0 Å². The number of halogens is 1. The second-order valence-corrected chi connectivity index (χ2v) is 9.02. The summed E-state index contributed by atoms with van der Waals surface area (Å²) in [7, 11) is 0. The second kappa shape index (κ2) is 10.0. The van der Waals surface area contributed by atoms with E-state index in [2.05, 4.69) is 51.8 Å². The van der Waals surface area contributed by atoms with Crippen LogP contribution in [0.3, 0.4) is 0 Å². The molecule has 2 heterocycles. The van der Waals surface area contributed by atoms with Crippen molar-refractivity contribution in [2.24, 2.45) is 0 Å². The fourth-order valence-electron chi connectivity index (χ4n) is 3.75. The van der Waals surface area contributed by atoms with Crippen LogP contribution in [-0.4, -0.2) is 53.7 Å². The summed E-state index contributed by atoms with van der Waals surface area (Å²) in [4.78, 5) is 6.48. The molecule has 0 saturated carbocycles. The zero-order valence-electron chi connectivity index (χ0n) is 16.7. The van der Waals surface area contributed by atoms with Crippen molar-refractivity contribution in [1.29, 1.82) is 0 Å². The van der Waals surface area contributed by atoms with Gasteiger partial charge in [-0.1, -0.05) is 30.7 Å². The van der Waals surface area contributed by atoms with Crippen LogP contribution in [0.1, 0.15) is 30.3 Å². The lowest BCUT2D eigenvalue weighted by Crippen LogP contribution is -2.52. The minimum atomic E-state index is 0.186. The lowest BCUT2D eigenvalue weighted by molar-refractivity contribution is 0.0883. The molecule has 2 N–H and O–H groups in total. The van der Waals surface area contributed by atoms with Crippen LogP contribution in [0.4, 0.5) is 5.69 Å². The molecule has 1 aromatic carbocycles. The Morgan fingerprint density at radius 3 is 2.61 bits per heavy atom. The first-order valence-corrected chi connectivity index (χ1v) is 11.5. The van der Waals surface area contributed by atoms with Gasteiger partial charge in [0.25, 0.3) is 0 Å². The lowest BCUT2D eigenvalue weighted by Gasteiger charge is -2.41. The smallest absolute Gasteiger partial charge is 0.171 e. The minimum Gasteiger partial charge on any atom is -0.358 e. The predicted octanol–water partition coefficient (Wildman–Crippen LogP) is 4.76. The Bertz CT molecular complexity index is 773. The van der Waals surface area contributed by atoms with Crippen molar-refractivity contribution in [3.05, 3.63) is 51.2 Å². The van der Waals surface area contributed by atoms with E-state index < -0.39 is 0 Å². The molecule has 0 amide bonds. The molecule has 1 aliphatic rings. The van der Waals surface area contributed by atoms with Gasteiger partial charge in [0.2, 0.25) is 0 Å². The molecule has 1 aliphatic heterocycles. The van der Waals surface area contributed by atoms with E-state index >= 15 is 0 Å². The number of piperazine rings is 1. The zero-order chi connectivity index (χ0) is 20.1. The number of hydrogen-bond donors (Lipinski definition) is 2. The Hall–Kier alpha value is -1.18. The van der Waals surface area contributed by atoms with Crippen LogP contribution in [0.25, 0.3) is 0 Å². The molecule has 0 bridgehead atoms. The standard InChI is InChI=1S/C21H29ClN4S2/c1-4-25-10-12-26(13-11-25)20(19-9-6-14-28-19)16(3)23-21(27)24-18-8-5-7-17(22)15(18)2/h5-9,14,16,20H,4,10-13H2,1-3H3,(H2,23,24,27)/t16-,20-/m1/s1. The Kier molecular flexibility index (Phi) is 7.71. The van der Waals surface area contributed by atoms with E-state index in [-0.39, 0.29) is 6.04 Å². The van der Waals surface area contributed by atoms with E-state index in [1.807, 2.05) is 36.5 Å². The van der Waals surface area contributed by atoms with Gasteiger partial charge in [-0.2, -0.15) is 0 Å². The van der Waals surface area contributed by atoms with Crippen LogP contribution < -0.4 is 10.6 Å². The second-order valence-electron chi connectivity index (χ2n) is 7.23. The van der Waals surface area contributed by atoms with Gasteiger partial charge in [-0.15, -0.1) is 11.3 Å². The molecule has 0 unspecified atom stereocenters. The van der Waals surface area contributed by atoms with Crippen LogP contribution >= 0.6 is 35.2 Å². The number of nitrogens with one attached hydrogen (secondary N) is 2. The molecule has 28 heavy (non-hydrogen) atoms. The quantitative estimate of drug-likeness (QED) is 0.637. The highest BCUT2D eigenvalue weighted by Gasteiger charge is 2.30. The maximum Gasteiger partial charge on any atom is 0.171 e. The largest absolute Gasteiger partial charge is 0.358 e. The first kappa shape index (κ1) is 21.5. The van der Waals surface area contributed by atoms with Gasteiger partial charge in [-0.25, -0.2) is 0 Å². The van der Waals surface area contributed by atoms with Gasteiger partial charge < -0.3 is 15.5 Å². The van der Waals surface area contributed by atoms with E-state index in [9.17, 15) is 0 Å². The van der Waals surface area contributed by atoms with Crippen LogP contribution in [0, 0.1) is 6.92 Å². The Morgan fingerprint density at radius 1 is 1.21 bits per heavy atom. The molecule has 152 valence electrons. The first-order valence-electron chi connectivity index (χ1n) is 9.82. The summed E-state index contributed by atoms with van der Waals surface area (Å²) in [6, 6.07) is 10.7. The topological polar surface area (TPSA) is 30.5 Å². The Balaban J connectivity index is 1.68. The summed E-state index contributed by atoms with van der Waals surface area (Å²) in [5.74, 6) is 0. The van der Waals surface area contributed by atoms with Crippen molar-refractivity contribution in [2.45, 2.75) is 32.9 Å². The van der Waals surface area contributed by atoms with Crippen molar-refractivity contribution in [2.75, 3.05) is 38.0 Å². The number of benzene rings is 1. The first-order chi connectivity index (χ1) is 13.5. The molecular formula is C21H29ClN4S2. The highest BCUT2D eigenvalue weighted by Crippen LogP contribution is 2.29. The number of rotatable bonds is 6. The number of thiophene rings is 1. The fraction of sp³-hybridized carbons (Fsp3) is 0.476. The van der Waals surface area contributed by atoms with Crippen LogP contribution in [-0.2, 0) is 0 Å². The van der Waals surface area contributed by atoms with E-state index in [1.165, 1.54) is 4.88 Å². The number of thiocarbonyl (C=S) groups is 1. The average Bonchev–Trinajstić information content (AvgIpc) is 3.20. The Morgan fingerprint density at radius 2 is 1.96 bits per heavy atom. The van der Waals surface area contributed by atoms with Gasteiger partial charge in [0.15, 0.2) is 5.11 Å². The average molecular weight is 437 g/mol. The highest BCUT2D eigenvalue weighted by atomic mass is 35.5. The van der Waals surface area contributed by atoms with Crippen LogP contribution in [0.2, 0.25) is 5.02 Å². The number of anilines is 1. The highest BCUT2D eigenvalue weighted by molar-refractivity contribution is 7.80. The number of nitrogens with zero attached hydrogens (tertiary/aromatic N) is 2. The molecular weight excluding hydrogens is 408 g/mol. The zero-order valence-corrected chi connectivity index (χ0v) is 19.1. The van der Waals surface area contributed by atoms with Gasteiger partial charge >= 0.3 is 0 Å². The molecule has 4 nitrogen and oxygen atoms in total. The molecule has 1 fully saturated rings. The van der Waals surface area contributed by atoms with Gasteiger partial charge in [0.05, 0.1) is 6.04 Å². The molecule has 1 aromatic heterocycles. The minimum absolute atomic E-state index is 0.186.